The first kappa shape index (κ1) is 24.0. The van der Waals surface area contributed by atoms with Crippen LogP contribution in [-0.4, -0.2) is 82.1 Å². The average molecular weight is 466 g/mol. The van der Waals surface area contributed by atoms with Crippen molar-refractivity contribution < 1.29 is 14.3 Å². The standard InChI is InChI=1S/C26H35N5O3/c1-29-13-15-31(16-14-29)24(20-6-11-23-19(17-20)5-4-12-30(23)2)18-27-25(32)26(33)28-21-7-9-22(34-3)10-8-21/h6-11,17,24H,4-5,12-16,18H2,1-3H3,(H,27,32)(H,28,33)/t24-/m1/s1. The number of rotatable bonds is 6. The minimum absolute atomic E-state index is 0.0176. The van der Waals surface area contributed by atoms with Crippen LogP contribution in [0.1, 0.15) is 23.6 Å². The summed E-state index contributed by atoms with van der Waals surface area (Å²) in [6, 6.07) is 13.6. The second kappa shape index (κ2) is 10.9. The third-order valence-electron chi connectivity index (χ3n) is 6.83. The molecule has 2 heterocycles. The molecule has 4 rings (SSSR count). The molecule has 0 unspecified atom stereocenters. The lowest BCUT2D eigenvalue weighted by atomic mass is 9.95. The van der Waals surface area contributed by atoms with E-state index in [0.717, 1.165) is 45.6 Å². The van der Waals surface area contributed by atoms with Crippen LogP contribution in [0.5, 0.6) is 5.75 Å². The van der Waals surface area contributed by atoms with E-state index < -0.39 is 11.8 Å². The first-order valence-corrected chi connectivity index (χ1v) is 11.9. The molecule has 0 bridgehead atoms. The van der Waals surface area contributed by atoms with E-state index in [1.807, 2.05) is 0 Å². The summed E-state index contributed by atoms with van der Waals surface area (Å²) in [6.45, 7) is 5.27. The van der Waals surface area contributed by atoms with Crippen molar-refractivity contribution in [3.8, 4) is 5.75 Å². The number of nitrogens with one attached hydrogen (secondary N) is 2. The first-order chi connectivity index (χ1) is 16.4. The highest BCUT2D eigenvalue weighted by molar-refractivity contribution is 6.39. The van der Waals surface area contributed by atoms with Gasteiger partial charge in [0.05, 0.1) is 13.2 Å². The summed E-state index contributed by atoms with van der Waals surface area (Å²) in [4.78, 5) is 32.2. The number of hydrogen-bond donors (Lipinski definition) is 2. The van der Waals surface area contributed by atoms with Crippen molar-refractivity contribution in [3.63, 3.8) is 0 Å². The van der Waals surface area contributed by atoms with Gasteiger partial charge in [-0.15, -0.1) is 0 Å². The van der Waals surface area contributed by atoms with E-state index in [-0.39, 0.29) is 6.04 Å². The lowest BCUT2D eigenvalue weighted by molar-refractivity contribution is -0.136. The number of nitrogens with zero attached hydrogens (tertiary/aromatic N) is 3. The van der Waals surface area contributed by atoms with Crippen molar-refractivity contribution >= 4 is 23.2 Å². The molecular weight excluding hydrogens is 430 g/mol. The molecule has 2 N–H and O–H groups in total. The van der Waals surface area contributed by atoms with Gasteiger partial charge < -0.3 is 25.2 Å². The summed E-state index contributed by atoms with van der Waals surface area (Å²) in [5.41, 5.74) is 4.38. The second-order valence-corrected chi connectivity index (χ2v) is 9.16. The molecule has 2 aliphatic heterocycles. The molecular formula is C26H35N5O3. The number of benzene rings is 2. The quantitative estimate of drug-likeness (QED) is 0.637. The Morgan fingerprint density at radius 2 is 1.71 bits per heavy atom. The molecule has 2 amide bonds. The Balaban J connectivity index is 1.45. The normalized spacial score (nSPS) is 17.6. The molecule has 1 fully saturated rings. The number of aryl methyl sites for hydroxylation is 1. The molecule has 2 aromatic rings. The van der Waals surface area contributed by atoms with Crippen LogP contribution in [0.4, 0.5) is 11.4 Å². The molecule has 2 aromatic carbocycles. The van der Waals surface area contributed by atoms with E-state index in [2.05, 4.69) is 57.6 Å². The highest BCUT2D eigenvalue weighted by Crippen LogP contribution is 2.31. The van der Waals surface area contributed by atoms with Gasteiger partial charge in [-0.2, -0.15) is 0 Å². The van der Waals surface area contributed by atoms with Crippen molar-refractivity contribution in [1.29, 1.82) is 0 Å². The molecule has 2 aliphatic rings. The molecule has 34 heavy (non-hydrogen) atoms. The molecule has 1 saturated heterocycles. The number of hydrogen-bond acceptors (Lipinski definition) is 6. The fourth-order valence-corrected chi connectivity index (χ4v) is 4.74. The number of fused-ring (bicyclic) bond motifs is 1. The summed E-state index contributed by atoms with van der Waals surface area (Å²) >= 11 is 0. The maximum atomic E-state index is 12.6. The van der Waals surface area contributed by atoms with Gasteiger partial charge >= 0.3 is 11.8 Å². The van der Waals surface area contributed by atoms with E-state index in [1.54, 1.807) is 31.4 Å². The smallest absolute Gasteiger partial charge is 0.313 e. The van der Waals surface area contributed by atoms with Crippen molar-refractivity contribution in [2.24, 2.45) is 0 Å². The van der Waals surface area contributed by atoms with Gasteiger partial charge in [-0.3, -0.25) is 14.5 Å². The topological polar surface area (TPSA) is 77.1 Å². The minimum atomic E-state index is -0.672. The predicted octanol–water partition coefficient (Wildman–Crippen LogP) is 2.12. The zero-order valence-corrected chi connectivity index (χ0v) is 20.3. The minimum Gasteiger partial charge on any atom is -0.497 e. The Morgan fingerprint density at radius 1 is 0.971 bits per heavy atom. The van der Waals surface area contributed by atoms with E-state index in [4.69, 9.17) is 4.74 Å². The van der Waals surface area contributed by atoms with Gasteiger partial charge in [0.15, 0.2) is 0 Å². The lowest BCUT2D eigenvalue weighted by Gasteiger charge is -2.39. The van der Waals surface area contributed by atoms with Crippen molar-refractivity contribution in [2.45, 2.75) is 18.9 Å². The number of ether oxygens (including phenoxy) is 1. The molecule has 0 spiro atoms. The van der Waals surface area contributed by atoms with Crippen LogP contribution < -0.4 is 20.3 Å². The van der Waals surface area contributed by atoms with Gasteiger partial charge in [0.1, 0.15) is 5.75 Å². The number of methoxy groups -OCH3 is 1. The zero-order valence-electron chi connectivity index (χ0n) is 20.3. The first-order valence-electron chi connectivity index (χ1n) is 11.9. The van der Waals surface area contributed by atoms with Crippen molar-refractivity contribution in [1.82, 2.24) is 15.1 Å². The van der Waals surface area contributed by atoms with E-state index >= 15 is 0 Å². The van der Waals surface area contributed by atoms with Crippen LogP contribution in [0, 0.1) is 0 Å². The van der Waals surface area contributed by atoms with Crippen LogP contribution in [0.2, 0.25) is 0 Å². The van der Waals surface area contributed by atoms with Crippen LogP contribution in [0.25, 0.3) is 0 Å². The van der Waals surface area contributed by atoms with E-state index in [0.29, 0.717) is 18.0 Å². The van der Waals surface area contributed by atoms with Gasteiger partial charge in [0.25, 0.3) is 0 Å². The monoisotopic (exact) mass is 465 g/mol. The van der Waals surface area contributed by atoms with Crippen LogP contribution in [0.15, 0.2) is 42.5 Å². The number of anilines is 2. The fraction of sp³-hybridized carbons (Fsp3) is 0.462. The van der Waals surface area contributed by atoms with E-state index in [1.165, 1.54) is 16.8 Å². The molecule has 0 radical (unpaired) electrons. The maximum Gasteiger partial charge on any atom is 0.313 e. The third kappa shape index (κ3) is 5.69. The van der Waals surface area contributed by atoms with Crippen molar-refractivity contribution in [2.75, 3.05) is 70.7 Å². The number of piperazine rings is 1. The van der Waals surface area contributed by atoms with Crippen LogP contribution in [-0.2, 0) is 16.0 Å². The summed E-state index contributed by atoms with van der Waals surface area (Å²) in [5, 5.41) is 5.54. The molecule has 8 nitrogen and oxygen atoms in total. The van der Waals surface area contributed by atoms with Gasteiger partial charge in [0.2, 0.25) is 0 Å². The van der Waals surface area contributed by atoms with Crippen molar-refractivity contribution in [3.05, 3.63) is 53.6 Å². The Morgan fingerprint density at radius 3 is 2.41 bits per heavy atom. The SMILES string of the molecule is COc1ccc(NC(=O)C(=O)NC[C@H](c2ccc3c(c2)CCCN3C)N2CCN(C)CC2)cc1. The molecule has 1 atom stereocenters. The Kier molecular flexibility index (Phi) is 7.70. The van der Waals surface area contributed by atoms with Gasteiger partial charge in [-0.25, -0.2) is 0 Å². The fourth-order valence-electron chi connectivity index (χ4n) is 4.74. The van der Waals surface area contributed by atoms with Gasteiger partial charge in [0, 0.05) is 57.7 Å². The molecule has 182 valence electrons. The Labute approximate surface area is 201 Å². The van der Waals surface area contributed by atoms with Gasteiger partial charge in [-0.1, -0.05) is 12.1 Å². The largest absolute Gasteiger partial charge is 0.497 e. The predicted molar refractivity (Wildman–Crippen MR) is 134 cm³/mol. The average Bonchev–Trinajstić information content (AvgIpc) is 2.85. The summed E-state index contributed by atoms with van der Waals surface area (Å²) in [7, 11) is 5.85. The Bertz CT molecular complexity index is 1000. The summed E-state index contributed by atoms with van der Waals surface area (Å²) in [6.07, 6.45) is 2.22. The third-order valence-corrected chi connectivity index (χ3v) is 6.83. The molecule has 0 aromatic heterocycles. The highest BCUT2D eigenvalue weighted by Gasteiger charge is 2.27. The highest BCUT2D eigenvalue weighted by atomic mass is 16.5. The molecule has 8 heteroatoms. The van der Waals surface area contributed by atoms with Crippen LogP contribution in [0.3, 0.4) is 0 Å². The summed E-state index contributed by atoms with van der Waals surface area (Å²) < 4.78 is 5.13. The maximum absolute atomic E-state index is 12.6. The number of amides is 2. The number of likely N-dealkylation sites (N-methyl/N-ethyl adjacent to an activating group) is 1. The zero-order chi connectivity index (χ0) is 24.1. The number of carbonyl (C=O) groups is 2. The van der Waals surface area contributed by atoms with Gasteiger partial charge in [-0.05, 0) is 61.3 Å². The second-order valence-electron chi connectivity index (χ2n) is 9.16. The Hall–Kier alpha value is -3.10. The van der Waals surface area contributed by atoms with Crippen LogP contribution >= 0.6 is 0 Å². The molecule has 0 saturated carbocycles. The summed E-state index contributed by atoms with van der Waals surface area (Å²) in [5.74, 6) is -0.615. The molecule has 0 aliphatic carbocycles. The van der Waals surface area contributed by atoms with E-state index in [9.17, 15) is 9.59 Å². The number of carbonyl (C=O) groups excluding carboxylic acids is 2. The lowest BCUT2D eigenvalue weighted by Crippen LogP contribution is -2.49.